The zero-order valence-electron chi connectivity index (χ0n) is 19.4. The van der Waals surface area contributed by atoms with Crippen molar-refractivity contribution in [2.75, 3.05) is 17.7 Å². The monoisotopic (exact) mass is 469 g/mol. The number of amides is 2. The number of nitrogens with zero attached hydrogens (tertiary/aromatic N) is 4. The van der Waals surface area contributed by atoms with Crippen LogP contribution in [0.25, 0.3) is 10.4 Å². The van der Waals surface area contributed by atoms with E-state index in [1.165, 1.54) is 29.9 Å². The Morgan fingerprint density at radius 1 is 1.27 bits per heavy atom. The number of aliphatic imine (C=N–C) groups is 1. The molecule has 4 N–H and O–H groups in total. The molecule has 0 bridgehead atoms. The van der Waals surface area contributed by atoms with Gasteiger partial charge in [0.2, 0.25) is 0 Å². The number of fused-ring (bicyclic) bond motifs is 1. The molecule has 174 valence electrons. The van der Waals surface area contributed by atoms with Crippen LogP contribution in [-0.4, -0.2) is 45.0 Å². The van der Waals surface area contributed by atoms with Gasteiger partial charge in [0.15, 0.2) is 0 Å². The number of hydrogen-bond donors (Lipinski definition) is 3. The number of allylic oxidation sites excluding steroid dienone is 1. The number of carbonyl (C=O) groups is 2. The Kier molecular flexibility index (Phi) is 6.82. The molecule has 10 nitrogen and oxygen atoms in total. The van der Waals surface area contributed by atoms with Gasteiger partial charge in [0, 0.05) is 30.7 Å². The minimum Gasteiger partial charge on any atom is -0.444 e. The van der Waals surface area contributed by atoms with Crippen LogP contribution in [0.2, 0.25) is 0 Å². The highest BCUT2D eigenvalue weighted by Crippen LogP contribution is 2.29. The first-order chi connectivity index (χ1) is 15.5. The number of aryl methyl sites for hydroxylation is 1. The standard InChI is InChI=1S/C22H27N7O3S/c1-12(24-6)15(8-23)18-11-29-20(33-18)16(10-26-29)19(30)28-17-7-14(9-25-13(17)2)27-21(31)32-22(3,4)5/h7-11H,23H2,1-6H3,(H,27,31)(H,28,30). The number of ether oxygens (including phenoxy) is 1. The van der Waals surface area contributed by atoms with Gasteiger partial charge in [0.05, 0.1) is 39.9 Å². The maximum absolute atomic E-state index is 13.0. The molecule has 0 aliphatic carbocycles. The minimum absolute atomic E-state index is 0.350. The lowest BCUT2D eigenvalue weighted by atomic mass is 10.2. The summed E-state index contributed by atoms with van der Waals surface area (Å²) in [7, 11) is 1.69. The van der Waals surface area contributed by atoms with Gasteiger partial charge in [-0.2, -0.15) is 5.10 Å². The summed E-state index contributed by atoms with van der Waals surface area (Å²) in [6.45, 7) is 8.95. The first-order valence-corrected chi connectivity index (χ1v) is 10.9. The predicted octanol–water partition coefficient (Wildman–Crippen LogP) is 4.09. The number of pyridine rings is 1. The summed E-state index contributed by atoms with van der Waals surface area (Å²) in [5.74, 6) is -0.350. The fraction of sp³-hybridized carbons (Fsp3) is 0.318. The summed E-state index contributed by atoms with van der Waals surface area (Å²) in [6, 6.07) is 1.63. The number of rotatable bonds is 5. The van der Waals surface area contributed by atoms with Gasteiger partial charge < -0.3 is 15.8 Å². The van der Waals surface area contributed by atoms with Crippen molar-refractivity contribution in [2.45, 2.75) is 40.2 Å². The number of anilines is 2. The van der Waals surface area contributed by atoms with Crippen molar-refractivity contribution >= 4 is 50.8 Å². The van der Waals surface area contributed by atoms with Gasteiger partial charge in [0.1, 0.15) is 10.4 Å². The van der Waals surface area contributed by atoms with Crippen LogP contribution in [0.1, 0.15) is 48.6 Å². The summed E-state index contributed by atoms with van der Waals surface area (Å²) in [5.41, 5.74) is 8.56. The topological polar surface area (TPSA) is 136 Å². The molecule has 0 atom stereocenters. The lowest BCUT2D eigenvalue weighted by Crippen LogP contribution is -2.27. The molecule has 3 heterocycles. The average Bonchev–Trinajstić information content (AvgIpc) is 3.30. The minimum atomic E-state index is -0.632. The van der Waals surface area contributed by atoms with Crippen LogP contribution in [0.3, 0.4) is 0 Å². The smallest absolute Gasteiger partial charge is 0.412 e. The van der Waals surface area contributed by atoms with E-state index in [-0.39, 0.29) is 5.91 Å². The molecule has 0 aliphatic rings. The molecule has 0 saturated carbocycles. The third-order valence-corrected chi connectivity index (χ3v) is 5.72. The molecule has 0 fully saturated rings. The lowest BCUT2D eigenvalue weighted by Gasteiger charge is -2.19. The number of nitrogens with two attached hydrogens (primary N) is 1. The number of aromatic nitrogens is 3. The molecule has 0 aromatic carbocycles. The van der Waals surface area contributed by atoms with E-state index in [0.29, 0.717) is 27.5 Å². The van der Waals surface area contributed by atoms with Gasteiger partial charge in [-0.25, -0.2) is 9.31 Å². The third-order valence-electron chi connectivity index (χ3n) is 4.58. The fourth-order valence-corrected chi connectivity index (χ4v) is 4.04. The largest absolute Gasteiger partial charge is 0.444 e. The summed E-state index contributed by atoms with van der Waals surface area (Å²) in [5, 5.41) is 9.76. The van der Waals surface area contributed by atoms with Crippen LogP contribution < -0.4 is 16.4 Å². The highest BCUT2D eigenvalue weighted by molar-refractivity contribution is 7.19. The van der Waals surface area contributed by atoms with E-state index >= 15 is 0 Å². The molecule has 0 unspecified atom stereocenters. The van der Waals surface area contributed by atoms with Gasteiger partial charge in [-0.15, -0.1) is 11.3 Å². The van der Waals surface area contributed by atoms with E-state index in [1.807, 2.05) is 13.1 Å². The Bertz CT molecular complexity index is 1260. The van der Waals surface area contributed by atoms with E-state index in [2.05, 4.69) is 25.7 Å². The molecule has 0 spiro atoms. The van der Waals surface area contributed by atoms with Crippen molar-refractivity contribution in [1.29, 1.82) is 0 Å². The van der Waals surface area contributed by atoms with Crippen LogP contribution in [-0.2, 0) is 4.74 Å². The van der Waals surface area contributed by atoms with E-state index < -0.39 is 11.7 Å². The van der Waals surface area contributed by atoms with Gasteiger partial charge in [-0.1, -0.05) is 0 Å². The zero-order valence-corrected chi connectivity index (χ0v) is 20.2. The summed E-state index contributed by atoms with van der Waals surface area (Å²) in [4.78, 5) is 35.0. The number of thiazole rings is 1. The first-order valence-electron chi connectivity index (χ1n) is 10.1. The Hall–Kier alpha value is -3.73. The van der Waals surface area contributed by atoms with E-state index in [4.69, 9.17) is 10.5 Å². The molecule has 0 radical (unpaired) electrons. The fourth-order valence-electron chi connectivity index (χ4n) is 2.91. The van der Waals surface area contributed by atoms with Gasteiger partial charge in [-0.3, -0.25) is 20.1 Å². The van der Waals surface area contributed by atoms with E-state index in [1.54, 1.807) is 45.3 Å². The highest BCUT2D eigenvalue weighted by atomic mass is 32.1. The summed E-state index contributed by atoms with van der Waals surface area (Å²) < 4.78 is 6.89. The van der Waals surface area contributed by atoms with E-state index in [0.717, 1.165) is 16.2 Å². The summed E-state index contributed by atoms with van der Waals surface area (Å²) in [6.07, 6.45) is 5.69. The molecular weight excluding hydrogens is 442 g/mol. The van der Waals surface area contributed by atoms with Crippen LogP contribution in [0.15, 0.2) is 35.8 Å². The molecule has 3 rings (SSSR count). The molecule has 11 heteroatoms. The second-order valence-electron chi connectivity index (χ2n) is 8.23. The van der Waals surface area contributed by atoms with Crippen molar-refractivity contribution in [3.05, 3.63) is 47.0 Å². The van der Waals surface area contributed by atoms with E-state index in [9.17, 15) is 9.59 Å². The average molecular weight is 470 g/mol. The molecule has 0 aliphatic heterocycles. The van der Waals surface area contributed by atoms with Gasteiger partial charge in [0.25, 0.3) is 5.91 Å². The Morgan fingerprint density at radius 3 is 2.64 bits per heavy atom. The SMILES string of the molecule is CN=C(C)C(=CN)c1cn2ncc(C(=O)Nc3cc(NC(=O)OC(C)(C)C)cnc3C)c2s1. The van der Waals surface area contributed by atoms with Gasteiger partial charge in [-0.05, 0) is 40.7 Å². The van der Waals surface area contributed by atoms with Crippen LogP contribution in [0, 0.1) is 6.92 Å². The molecule has 2 amide bonds. The number of hydrogen-bond acceptors (Lipinski definition) is 8. The van der Waals surface area contributed by atoms with Gasteiger partial charge >= 0.3 is 6.09 Å². The van der Waals surface area contributed by atoms with Crippen LogP contribution in [0.4, 0.5) is 16.2 Å². The molecule has 3 aromatic heterocycles. The van der Waals surface area contributed by atoms with Crippen LogP contribution >= 0.6 is 11.3 Å². The molecule has 3 aromatic rings. The summed E-state index contributed by atoms with van der Waals surface area (Å²) >= 11 is 1.39. The first kappa shape index (κ1) is 23.9. The predicted molar refractivity (Wildman–Crippen MR) is 131 cm³/mol. The van der Waals surface area contributed by atoms with Crippen molar-refractivity contribution in [2.24, 2.45) is 10.7 Å². The maximum Gasteiger partial charge on any atom is 0.412 e. The van der Waals surface area contributed by atoms with Crippen molar-refractivity contribution in [1.82, 2.24) is 14.6 Å². The van der Waals surface area contributed by atoms with Crippen molar-refractivity contribution in [3.63, 3.8) is 0 Å². The number of nitrogens with one attached hydrogen (secondary N) is 2. The number of carbonyl (C=O) groups excluding carboxylic acids is 2. The quantitative estimate of drug-likeness (QED) is 0.482. The zero-order chi connectivity index (χ0) is 24.3. The van der Waals surface area contributed by atoms with Crippen molar-refractivity contribution < 1.29 is 14.3 Å². The maximum atomic E-state index is 13.0. The highest BCUT2D eigenvalue weighted by Gasteiger charge is 2.20. The second kappa shape index (κ2) is 9.41. The normalized spacial score (nSPS) is 12.7. The molecular formula is C22H27N7O3S. The van der Waals surface area contributed by atoms with Crippen molar-refractivity contribution in [3.8, 4) is 0 Å². The molecule has 33 heavy (non-hydrogen) atoms. The molecule has 0 saturated heterocycles. The second-order valence-corrected chi connectivity index (χ2v) is 9.26. The Labute approximate surface area is 195 Å². The third kappa shape index (κ3) is 5.55. The lowest BCUT2D eigenvalue weighted by molar-refractivity contribution is 0.0635. The Balaban J connectivity index is 1.83. The van der Waals surface area contributed by atoms with Crippen LogP contribution in [0.5, 0.6) is 0 Å². The Morgan fingerprint density at radius 2 is 2.00 bits per heavy atom.